The molecule has 1 aliphatic rings. The zero-order chi connectivity index (χ0) is 29.1. The van der Waals surface area contributed by atoms with Gasteiger partial charge in [0.25, 0.3) is 5.91 Å². The van der Waals surface area contributed by atoms with Gasteiger partial charge in [-0.25, -0.2) is 9.97 Å². The molecule has 41 heavy (non-hydrogen) atoms. The van der Waals surface area contributed by atoms with Gasteiger partial charge in [0.1, 0.15) is 0 Å². The van der Waals surface area contributed by atoms with Crippen LogP contribution < -0.4 is 10.6 Å². The highest BCUT2D eigenvalue weighted by molar-refractivity contribution is 6.05. The second-order valence-electron chi connectivity index (χ2n) is 10.2. The number of aromatic nitrogens is 2. The quantitative estimate of drug-likeness (QED) is 0.237. The van der Waals surface area contributed by atoms with Crippen molar-refractivity contribution >= 4 is 34.4 Å². The smallest absolute Gasteiger partial charge is 0.354 e. The summed E-state index contributed by atoms with van der Waals surface area (Å²) < 4.78 is 39.9. The minimum Gasteiger partial charge on any atom is -0.354 e. The van der Waals surface area contributed by atoms with Crippen molar-refractivity contribution < 1.29 is 22.8 Å². The molecule has 1 aliphatic heterocycles. The van der Waals surface area contributed by atoms with E-state index in [-0.39, 0.29) is 17.2 Å². The van der Waals surface area contributed by atoms with E-state index in [9.17, 15) is 22.8 Å². The highest BCUT2D eigenvalue weighted by Gasteiger charge is 2.33. The summed E-state index contributed by atoms with van der Waals surface area (Å²) in [5, 5.41) is 6.67. The molecule has 10 heteroatoms. The molecule has 0 radical (unpaired) electrons. The third-order valence-corrected chi connectivity index (χ3v) is 7.34. The van der Waals surface area contributed by atoms with Crippen molar-refractivity contribution in [3.63, 3.8) is 0 Å². The molecule has 3 aromatic carbocycles. The van der Waals surface area contributed by atoms with Crippen LogP contribution in [0.15, 0.2) is 60.8 Å². The van der Waals surface area contributed by atoms with E-state index < -0.39 is 17.6 Å². The molecular formula is C31H30F3N5O2. The number of hydrogen-bond donors (Lipinski definition) is 2. The molecule has 0 spiro atoms. The van der Waals surface area contributed by atoms with Crippen LogP contribution in [0.2, 0.25) is 0 Å². The topological polar surface area (TPSA) is 87.2 Å². The highest BCUT2D eigenvalue weighted by atomic mass is 19.4. The number of hydrogen-bond acceptors (Lipinski definition) is 5. The third-order valence-electron chi connectivity index (χ3n) is 7.34. The molecule has 2 amide bonds. The first-order valence-corrected chi connectivity index (χ1v) is 13.5. The summed E-state index contributed by atoms with van der Waals surface area (Å²) >= 11 is 0. The summed E-state index contributed by atoms with van der Waals surface area (Å²) in [6.45, 7) is 5.47. The molecule has 0 atom stereocenters. The molecule has 5 rings (SSSR count). The fourth-order valence-corrected chi connectivity index (χ4v) is 5.04. The number of benzene rings is 3. The lowest BCUT2D eigenvalue weighted by atomic mass is 9.96. The van der Waals surface area contributed by atoms with Crippen LogP contribution in [-0.4, -0.2) is 46.3 Å². The van der Waals surface area contributed by atoms with Gasteiger partial charge in [-0.1, -0.05) is 18.2 Å². The van der Waals surface area contributed by atoms with E-state index in [4.69, 9.17) is 0 Å². The van der Waals surface area contributed by atoms with Crippen LogP contribution in [0.3, 0.4) is 0 Å². The largest absolute Gasteiger partial charge is 0.416 e. The van der Waals surface area contributed by atoms with Gasteiger partial charge in [-0.15, -0.1) is 0 Å². The molecule has 1 saturated heterocycles. The summed E-state index contributed by atoms with van der Waals surface area (Å²) in [7, 11) is 0. The average molecular weight is 562 g/mol. The maximum Gasteiger partial charge on any atom is 0.416 e. The molecular weight excluding hydrogens is 531 g/mol. The van der Waals surface area contributed by atoms with Crippen molar-refractivity contribution in [1.29, 1.82) is 0 Å². The summed E-state index contributed by atoms with van der Waals surface area (Å²) in [5.74, 6) is 0.232. The molecule has 0 saturated carbocycles. The van der Waals surface area contributed by atoms with Gasteiger partial charge in [0.15, 0.2) is 0 Å². The van der Waals surface area contributed by atoms with E-state index in [0.717, 1.165) is 59.6 Å². The molecule has 0 unspecified atom stereocenters. The lowest BCUT2D eigenvalue weighted by Gasteiger charge is -2.15. The Hall–Kier alpha value is -4.47. The molecule has 2 heterocycles. The molecule has 4 aromatic rings. The molecule has 1 aromatic heterocycles. The first kappa shape index (κ1) is 28.1. The first-order chi connectivity index (χ1) is 19.6. The SMILES string of the molecule is Cc1ccc(C(=O)Nc2cccc(C(F)(F)F)c2C)cc1-c1ccc2nc(NCCCN3CCCC3=O)ncc2c1. The third kappa shape index (κ3) is 6.32. The first-order valence-electron chi connectivity index (χ1n) is 13.5. The van der Waals surface area contributed by atoms with E-state index in [0.29, 0.717) is 24.5 Å². The number of rotatable bonds is 8. The predicted molar refractivity (Wildman–Crippen MR) is 153 cm³/mol. The molecule has 2 N–H and O–H groups in total. The maximum absolute atomic E-state index is 13.3. The maximum atomic E-state index is 13.3. The number of anilines is 2. The van der Waals surface area contributed by atoms with Gasteiger partial charge in [-0.3, -0.25) is 9.59 Å². The number of carbonyl (C=O) groups is 2. The average Bonchev–Trinajstić information content (AvgIpc) is 3.35. The normalized spacial score (nSPS) is 13.6. The van der Waals surface area contributed by atoms with Gasteiger partial charge in [0.2, 0.25) is 11.9 Å². The second kappa shape index (κ2) is 11.6. The van der Waals surface area contributed by atoms with E-state index in [2.05, 4.69) is 20.6 Å². The Labute approximate surface area is 235 Å². The van der Waals surface area contributed by atoms with E-state index in [1.807, 2.05) is 36.1 Å². The van der Waals surface area contributed by atoms with Crippen molar-refractivity contribution in [2.45, 2.75) is 39.3 Å². The fraction of sp³-hybridized carbons (Fsp3) is 0.290. The van der Waals surface area contributed by atoms with Gasteiger partial charge in [-0.05, 0) is 85.3 Å². The number of amides is 2. The molecule has 212 valence electrons. The lowest BCUT2D eigenvalue weighted by Crippen LogP contribution is -2.27. The number of likely N-dealkylation sites (tertiary alicyclic amines) is 1. The number of halogens is 3. The fourth-order valence-electron chi connectivity index (χ4n) is 5.04. The summed E-state index contributed by atoms with van der Waals surface area (Å²) in [6, 6.07) is 14.7. The Morgan fingerprint density at radius 1 is 1.07 bits per heavy atom. The Morgan fingerprint density at radius 2 is 1.90 bits per heavy atom. The van der Waals surface area contributed by atoms with Crippen molar-refractivity contribution in [1.82, 2.24) is 14.9 Å². The summed E-state index contributed by atoms with van der Waals surface area (Å²) in [4.78, 5) is 35.7. The van der Waals surface area contributed by atoms with E-state index in [1.165, 1.54) is 19.1 Å². The van der Waals surface area contributed by atoms with Crippen LogP contribution in [0.5, 0.6) is 0 Å². The van der Waals surface area contributed by atoms with E-state index in [1.54, 1.807) is 18.3 Å². The zero-order valence-corrected chi connectivity index (χ0v) is 22.8. The minimum atomic E-state index is -4.51. The number of nitrogens with one attached hydrogen (secondary N) is 2. The minimum absolute atomic E-state index is 0.0363. The van der Waals surface area contributed by atoms with Crippen LogP contribution in [0, 0.1) is 13.8 Å². The Morgan fingerprint density at radius 3 is 2.66 bits per heavy atom. The van der Waals surface area contributed by atoms with Crippen LogP contribution >= 0.6 is 0 Å². The standard InChI is InChI=1S/C31H30F3N5O2/c1-19-9-10-22(29(41)37-26-7-3-6-25(20(26)2)31(32,33)34)17-24(19)21-11-12-27-23(16-21)18-36-30(38-27)35-13-5-15-39-14-4-8-28(39)40/h3,6-7,9-12,16-18H,4-5,8,13-15H2,1-2H3,(H,37,41)(H,35,36,38). The van der Waals surface area contributed by atoms with Gasteiger partial charge in [0, 0.05) is 48.9 Å². The van der Waals surface area contributed by atoms with Gasteiger partial charge in [0.05, 0.1) is 11.1 Å². The van der Waals surface area contributed by atoms with Gasteiger partial charge in [-0.2, -0.15) is 13.2 Å². The molecule has 0 bridgehead atoms. The Kier molecular flexibility index (Phi) is 7.92. The molecule has 7 nitrogen and oxygen atoms in total. The van der Waals surface area contributed by atoms with Crippen LogP contribution in [-0.2, 0) is 11.0 Å². The number of carbonyl (C=O) groups excluding carboxylic acids is 2. The van der Waals surface area contributed by atoms with Crippen LogP contribution in [0.1, 0.15) is 46.3 Å². The number of fused-ring (bicyclic) bond motifs is 1. The highest BCUT2D eigenvalue weighted by Crippen LogP contribution is 2.35. The summed E-state index contributed by atoms with van der Waals surface area (Å²) in [5.41, 5.74) is 3.00. The summed E-state index contributed by atoms with van der Waals surface area (Å²) in [6.07, 6.45) is -0.394. The number of nitrogens with zero attached hydrogens (tertiary/aromatic N) is 3. The number of alkyl halides is 3. The monoisotopic (exact) mass is 561 g/mol. The van der Waals surface area contributed by atoms with Crippen LogP contribution in [0.4, 0.5) is 24.8 Å². The lowest BCUT2D eigenvalue weighted by molar-refractivity contribution is -0.138. The predicted octanol–water partition coefficient (Wildman–Crippen LogP) is 6.61. The number of aryl methyl sites for hydroxylation is 1. The van der Waals surface area contributed by atoms with Crippen molar-refractivity contribution in [2.75, 3.05) is 30.3 Å². The van der Waals surface area contributed by atoms with Gasteiger partial charge >= 0.3 is 6.18 Å². The van der Waals surface area contributed by atoms with Crippen LogP contribution in [0.25, 0.3) is 22.0 Å². The van der Waals surface area contributed by atoms with E-state index >= 15 is 0 Å². The van der Waals surface area contributed by atoms with Gasteiger partial charge < -0.3 is 15.5 Å². The van der Waals surface area contributed by atoms with Crippen molar-refractivity contribution in [3.8, 4) is 11.1 Å². The van der Waals surface area contributed by atoms with Crippen molar-refractivity contribution in [3.05, 3.63) is 83.0 Å². The Balaban J connectivity index is 1.29. The molecule has 1 fully saturated rings. The zero-order valence-electron chi connectivity index (χ0n) is 22.8. The Bertz CT molecular complexity index is 1620. The van der Waals surface area contributed by atoms with Crippen molar-refractivity contribution in [2.24, 2.45) is 0 Å². The second-order valence-corrected chi connectivity index (χ2v) is 10.2. The molecule has 0 aliphatic carbocycles.